The van der Waals surface area contributed by atoms with Gasteiger partial charge in [0, 0.05) is 5.02 Å². The maximum Gasteiger partial charge on any atom is 0.237 e. The van der Waals surface area contributed by atoms with Crippen LogP contribution in [0.5, 0.6) is 0 Å². The standard InChI is InChI=1S/C11H10Cl2N4OS/c1-6(19-11-14-5-15-17-11)10(18)16-9-4-7(12)2-3-8(9)13/h2-6H,1H3,(H,16,18)(H,14,15,17)/t6-/m0/s1. The Balaban J connectivity index is 2.02. The smallest absolute Gasteiger partial charge is 0.237 e. The minimum Gasteiger partial charge on any atom is -0.324 e. The van der Waals surface area contributed by atoms with E-state index in [1.165, 1.54) is 18.1 Å². The van der Waals surface area contributed by atoms with Gasteiger partial charge >= 0.3 is 0 Å². The van der Waals surface area contributed by atoms with Gasteiger partial charge in [0.05, 0.1) is 16.0 Å². The van der Waals surface area contributed by atoms with Crippen LogP contribution in [0, 0.1) is 0 Å². The Labute approximate surface area is 124 Å². The van der Waals surface area contributed by atoms with E-state index in [1.54, 1.807) is 25.1 Å². The first-order chi connectivity index (χ1) is 9.06. The van der Waals surface area contributed by atoms with Crippen molar-refractivity contribution in [2.24, 2.45) is 0 Å². The Morgan fingerprint density at radius 1 is 1.47 bits per heavy atom. The molecule has 0 aliphatic heterocycles. The van der Waals surface area contributed by atoms with Crippen LogP contribution in [-0.4, -0.2) is 26.3 Å². The zero-order valence-electron chi connectivity index (χ0n) is 9.85. The molecular weight excluding hydrogens is 307 g/mol. The molecule has 1 atom stereocenters. The van der Waals surface area contributed by atoms with E-state index in [0.717, 1.165) is 0 Å². The summed E-state index contributed by atoms with van der Waals surface area (Å²) < 4.78 is 0. The van der Waals surface area contributed by atoms with Gasteiger partial charge in [-0.2, -0.15) is 5.10 Å². The minimum atomic E-state index is -0.344. The highest BCUT2D eigenvalue weighted by Crippen LogP contribution is 2.27. The van der Waals surface area contributed by atoms with Gasteiger partial charge in [-0.05, 0) is 25.1 Å². The molecule has 0 aliphatic rings. The average Bonchev–Trinajstić information content (AvgIpc) is 2.86. The monoisotopic (exact) mass is 316 g/mol. The number of aromatic nitrogens is 3. The summed E-state index contributed by atoms with van der Waals surface area (Å²) >= 11 is 13.1. The topological polar surface area (TPSA) is 70.7 Å². The summed E-state index contributed by atoms with van der Waals surface area (Å²) in [5.74, 6) is -0.189. The Morgan fingerprint density at radius 3 is 2.95 bits per heavy atom. The Morgan fingerprint density at radius 2 is 2.26 bits per heavy atom. The zero-order valence-corrected chi connectivity index (χ0v) is 12.2. The molecule has 1 amide bonds. The van der Waals surface area contributed by atoms with Crippen LogP contribution in [0.25, 0.3) is 0 Å². The predicted octanol–water partition coefficient (Wildman–Crippen LogP) is 3.23. The molecule has 0 saturated heterocycles. The van der Waals surface area contributed by atoms with Gasteiger partial charge in [0.25, 0.3) is 0 Å². The van der Waals surface area contributed by atoms with Crippen LogP contribution in [0.4, 0.5) is 5.69 Å². The SMILES string of the molecule is C[C@H](Sc1ncn[nH]1)C(=O)Nc1cc(Cl)ccc1Cl. The van der Waals surface area contributed by atoms with Gasteiger partial charge in [0.1, 0.15) is 6.33 Å². The lowest BCUT2D eigenvalue weighted by molar-refractivity contribution is -0.115. The lowest BCUT2D eigenvalue weighted by Gasteiger charge is -2.11. The van der Waals surface area contributed by atoms with Crippen LogP contribution in [-0.2, 0) is 4.79 Å². The molecule has 1 heterocycles. The van der Waals surface area contributed by atoms with Crippen molar-refractivity contribution in [2.45, 2.75) is 17.3 Å². The predicted molar refractivity (Wildman–Crippen MR) is 76.8 cm³/mol. The molecule has 0 spiro atoms. The summed E-state index contributed by atoms with van der Waals surface area (Å²) in [5.41, 5.74) is 0.490. The van der Waals surface area contributed by atoms with Crippen molar-refractivity contribution >= 4 is 46.6 Å². The van der Waals surface area contributed by atoms with Gasteiger partial charge in [-0.3, -0.25) is 9.89 Å². The summed E-state index contributed by atoms with van der Waals surface area (Å²) in [7, 11) is 0. The van der Waals surface area contributed by atoms with Crippen LogP contribution >= 0.6 is 35.0 Å². The number of halogens is 2. The molecule has 0 unspecified atom stereocenters. The lowest BCUT2D eigenvalue weighted by atomic mass is 10.3. The summed E-state index contributed by atoms with van der Waals surface area (Å²) in [5, 5.41) is 10.3. The maximum absolute atomic E-state index is 12.0. The van der Waals surface area contributed by atoms with Crippen molar-refractivity contribution in [3.8, 4) is 0 Å². The third kappa shape index (κ3) is 3.86. The van der Waals surface area contributed by atoms with Crippen LogP contribution in [0.15, 0.2) is 29.7 Å². The van der Waals surface area contributed by atoms with Gasteiger partial charge in [0.2, 0.25) is 5.91 Å². The van der Waals surface area contributed by atoms with Crippen LogP contribution in [0.3, 0.4) is 0 Å². The van der Waals surface area contributed by atoms with Gasteiger partial charge in [-0.1, -0.05) is 35.0 Å². The van der Waals surface area contributed by atoms with Crippen LogP contribution < -0.4 is 5.32 Å². The molecule has 0 radical (unpaired) electrons. The van der Waals surface area contributed by atoms with Gasteiger partial charge in [-0.15, -0.1) is 0 Å². The van der Waals surface area contributed by atoms with Gasteiger partial charge < -0.3 is 5.32 Å². The largest absolute Gasteiger partial charge is 0.324 e. The van der Waals surface area contributed by atoms with E-state index in [2.05, 4.69) is 20.5 Å². The van der Waals surface area contributed by atoms with Crippen molar-refractivity contribution < 1.29 is 4.79 Å². The number of carbonyl (C=O) groups excluding carboxylic acids is 1. The molecule has 0 saturated carbocycles. The highest BCUT2D eigenvalue weighted by molar-refractivity contribution is 8.00. The highest BCUT2D eigenvalue weighted by atomic mass is 35.5. The van der Waals surface area contributed by atoms with E-state index in [4.69, 9.17) is 23.2 Å². The van der Waals surface area contributed by atoms with E-state index in [0.29, 0.717) is 20.9 Å². The molecule has 100 valence electrons. The summed E-state index contributed by atoms with van der Waals surface area (Å²) in [6.07, 6.45) is 1.39. The van der Waals surface area contributed by atoms with Crippen molar-refractivity contribution in [1.29, 1.82) is 0 Å². The quantitative estimate of drug-likeness (QED) is 0.849. The van der Waals surface area contributed by atoms with Crippen molar-refractivity contribution in [3.63, 3.8) is 0 Å². The van der Waals surface area contributed by atoms with E-state index < -0.39 is 0 Å². The summed E-state index contributed by atoms with van der Waals surface area (Å²) in [6, 6.07) is 4.90. The molecule has 0 fully saturated rings. The zero-order chi connectivity index (χ0) is 13.8. The van der Waals surface area contributed by atoms with Crippen molar-refractivity contribution in [2.75, 3.05) is 5.32 Å². The van der Waals surface area contributed by atoms with E-state index in [-0.39, 0.29) is 11.2 Å². The fourth-order valence-electron chi connectivity index (χ4n) is 1.30. The van der Waals surface area contributed by atoms with E-state index in [1.807, 2.05) is 0 Å². The molecule has 2 rings (SSSR count). The number of benzene rings is 1. The number of hydrogen-bond acceptors (Lipinski definition) is 4. The maximum atomic E-state index is 12.0. The van der Waals surface area contributed by atoms with Crippen molar-refractivity contribution in [3.05, 3.63) is 34.6 Å². The molecule has 0 aliphatic carbocycles. The molecule has 1 aromatic heterocycles. The number of carbonyl (C=O) groups is 1. The molecule has 1 aromatic carbocycles. The fourth-order valence-corrected chi connectivity index (χ4v) is 2.35. The van der Waals surface area contributed by atoms with Gasteiger partial charge in [-0.25, -0.2) is 4.98 Å². The second-order valence-electron chi connectivity index (χ2n) is 3.66. The number of hydrogen-bond donors (Lipinski definition) is 2. The molecule has 2 aromatic rings. The molecular formula is C11H10Cl2N4OS. The van der Waals surface area contributed by atoms with Gasteiger partial charge in [0.15, 0.2) is 5.16 Å². The minimum absolute atomic E-state index is 0.189. The van der Waals surface area contributed by atoms with E-state index >= 15 is 0 Å². The molecule has 5 nitrogen and oxygen atoms in total. The number of thioether (sulfide) groups is 1. The number of rotatable bonds is 4. The average molecular weight is 317 g/mol. The van der Waals surface area contributed by atoms with Crippen LogP contribution in [0.2, 0.25) is 10.0 Å². The van der Waals surface area contributed by atoms with E-state index in [9.17, 15) is 4.79 Å². The normalized spacial score (nSPS) is 12.2. The Bertz CT molecular complexity index is 576. The lowest BCUT2D eigenvalue weighted by Crippen LogP contribution is -2.22. The molecule has 19 heavy (non-hydrogen) atoms. The first-order valence-corrected chi connectivity index (χ1v) is 6.98. The second kappa shape index (κ2) is 6.27. The highest BCUT2D eigenvalue weighted by Gasteiger charge is 2.17. The molecule has 8 heteroatoms. The fraction of sp³-hybridized carbons (Fsp3) is 0.182. The first kappa shape index (κ1) is 14.2. The number of amides is 1. The third-order valence-electron chi connectivity index (χ3n) is 2.24. The molecule has 0 bridgehead atoms. The van der Waals surface area contributed by atoms with Crippen LogP contribution in [0.1, 0.15) is 6.92 Å². The molecule has 2 N–H and O–H groups in total. The first-order valence-electron chi connectivity index (χ1n) is 5.34. The number of aromatic amines is 1. The number of nitrogens with zero attached hydrogens (tertiary/aromatic N) is 2. The Hall–Kier alpha value is -1.24. The number of anilines is 1. The van der Waals surface area contributed by atoms with Crippen molar-refractivity contribution in [1.82, 2.24) is 15.2 Å². The second-order valence-corrected chi connectivity index (χ2v) is 5.84. The third-order valence-corrected chi connectivity index (χ3v) is 3.79. The summed E-state index contributed by atoms with van der Waals surface area (Å²) in [6.45, 7) is 1.76. The number of H-pyrrole nitrogens is 1. The summed E-state index contributed by atoms with van der Waals surface area (Å²) in [4.78, 5) is 16.0. The Kier molecular flexibility index (Phi) is 4.68. The number of nitrogens with one attached hydrogen (secondary N) is 2.